The van der Waals surface area contributed by atoms with Crippen LogP contribution in [0.4, 0.5) is 0 Å². The highest BCUT2D eigenvalue weighted by atomic mass is 32.2. The summed E-state index contributed by atoms with van der Waals surface area (Å²) in [5, 5.41) is 13.5. The molecule has 0 aromatic carbocycles. The second kappa shape index (κ2) is 7.17. The molecule has 1 amide bonds. The van der Waals surface area contributed by atoms with Gasteiger partial charge in [0, 0.05) is 6.04 Å². The van der Waals surface area contributed by atoms with Gasteiger partial charge in [0.1, 0.15) is 5.60 Å². The summed E-state index contributed by atoms with van der Waals surface area (Å²) in [5.41, 5.74) is -1.12. The minimum atomic E-state index is -1.12. The molecule has 1 aliphatic heterocycles. The first-order chi connectivity index (χ1) is 9.53. The molecule has 2 rings (SSSR count). The summed E-state index contributed by atoms with van der Waals surface area (Å²) < 4.78 is 0. The van der Waals surface area contributed by atoms with Gasteiger partial charge < -0.3 is 10.4 Å². The van der Waals surface area contributed by atoms with Crippen LogP contribution < -0.4 is 5.32 Å². The molecule has 2 fully saturated rings. The molecule has 0 aromatic heterocycles. The van der Waals surface area contributed by atoms with E-state index >= 15 is 0 Å². The number of nitrogens with one attached hydrogen (secondary N) is 1. The van der Waals surface area contributed by atoms with Crippen LogP contribution in [0.15, 0.2) is 0 Å². The molecule has 20 heavy (non-hydrogen) atoms. The molecule has 1 aliphatic carbocycles. The number of carbonyl (C=O) groups excluding carboxylic acids is 1. The lowest BCUT2D eigenvalue weighted by Gasteiger charge is -2.35. The lowest BCUT2D eigenvalue weighted by atomic mass is 9.78. The molecule has 3 nitrogen and oxygen atoms in total. The van der Waals surface area contributed by atoms with Crippen LogP contribution in [-0.4, -0.2) is 34.2 Å². The Labute approximate surface area is 127 Å². The predicted octanol–water partition coefficient (Wildman–Crippen LogP) is 2.97. The number of thioether (sulfide) groups is 1. The van der Waals surface area contributed by atoms with E-state index in [4.69, 9.17) is 0 Å². The normalized spacial score (nSPS) is 26.8. The Bertz CT molecular complexity index is 322. The molecular weight excluding hydrogens is 270 g/mol. The first-order valence-corrected chi connectivity index (χ1v) is 9.29. The minimum absolute atomic E-state index is 0.145. The lowest BCUT2D eigenvalue weighted by Crippen LogP contribution is -2.53. The van der Waals surface area contributed by atoms with E-state index < -0.39 is 5.60 Å². The van der Waals surface area contributed by atoms with E-state index in [-0.39, 0.29) is 11.9 Å². The molecule has 4 heteroatoms. The summed E-state index contributed by atoms with van der Waals surface area (Å²) in [6.45, 7) is 4.35. The number of rotatable bonds is 4. The molecule has 1 heterocycles. The van der Waals surface area contributed by atoms with E-state index in [0.717, 1.165) is 17.4 Å². The van der Waals surface area contributed by atoms with Gasteiger partial charge in [-0.3, -0.25) is 4.79 Å². The maximum absolute atomic E-state index is 12.3. The summed E-state index contributed by atoms with van der Waals surface area (Å²) >= 11 is 1.82. The van der Waals surface area contributed by atoms with Crippen molar-refractivity contribution < 1.29 is 9.90 Å². The summed E-state index contributed by atoms with van der Waals surface area (Å²) in [7, 11) is 0. The first kappa shape index (κ1) is 16.2. The molecular formula is C16H29NO2S. The van der Waals surface area contributed by atoms with Crippen LogP contribution in [0.1, 0.15) is 58.8 Å². The third kappa shape index (κ3) is 3.91. The second-order valence-electron chi connectivity index (χ2n) is 6.66. The monoisotopic (exact) mass is 299 g/mol. The zero-order valence-corrected chi connectivity index (χ0v) is 13.7. The molecule has 0 spiro atoms. The Morgan fingerprint density at radius 1 is 1.20 bits per heavy atom. The highest BCUT2D eigenvalue weighted by molar-refractivity contribution is 7.99. The van der Waals surface area contributed by atoms with E-state index in [0.29, 0.717) is 18.8 Å². The molecule has 1 saturated heterocycles. The van der Waals surface area contributed by atoms with E-state index in [1.165, 1.54) is 32.1 Å². The van der Waals surface area contributed by atoms with Crippen LogP contribution in [0.5, 0.6) is 0 Å². The van der Waals surface area contributed by atoms with E-state index in [1.54, 1.807) is 0 Å². The fraction of sp³-hybridized carbons (Fsp3) is 0.938. The standard InChI is InChI=1S/C16H29NO2S/c1-12(14-6-4-3-5-7-14)13(2)17-15(18)16(19)8-10-20-11-9-16/h12-14,19H,3-11H2,1-2H3,(H,17,18). The molecule has 2 unspecified atom stereocenters. The van der Waals surface area contributed by atoms with Crippen molar-refractivity contribution in [2.24, 2.45) is 11.8 Å². The summed E-state index contributed by atoms with van der Waals surface area (Å²) in [5.74, 6) is 2.86. The summed E-state index contributed by atoms with van der Waals surface area (Å²) in [4.78, 5) is 12.3. The van der Waals surface area contributed by atoms with E-state index in [2.05, 4.69) is 19.2 Å². The van der Waals surface area contributed by atoms with Crippen molar-refractivity contribution in [2.75, 3.05) is 11.5 Å². The Morgan fingerprint density at radius 3 is 2.40 bits per heavy atom. The molecule has 0 aromatic rings. The molecule has 0 radical (unpaired) electrons. The van der Waals surface area contributed by atoms with Crippen molar-refractivity contribution in [2.45, 2.75) is 70.4 Å². The minimum Gasteiger partial charge on any atom is -0.380 e. The van der Waals surface area contributed by atoms with Gasteiger partial charge in [0.2, 0.25) is 0 Å². The highest BCUT2D eigenvalue weighted by Crippen LogP contribution is 2.32. The third-order valence-electron chi connectivity index (χ3n) is 5.28. The predicted molar refractivity (Wildman–Crippen MR) is 84.9 cm³/mol. The Hall–Kier alpha value is -0.220. The maximum atomic E-state index is 12.3. The van der Waals surface area contributed by atoms with Crippen molar-refractivity contribution >= 4 is 17.7 Å². The van der Waals surface area contributed by atoms with Gasteiger partial charge in [0.15, 0.2) is 0 Å². The number of amides is 1. The van der Waals surface area contributed by atoms with Gasteiger partial charge in [-0.1, -0.05) is 39.0 Å². The van der Waals surface area contributed by atoms with Crippen molar-refractivity contribution in [1.29, 1.82) is 0 Å². The van der Waals surface area contributed by atoms with Gasteiger partial charge in [-0.2, -0.15) is 11.8 Å². The fourth-order valence-corrected chi connectivity index (χ4v) is 4.65. The molecule has 2 aliphatic rings. The topological polar surface area (TPSA) is 49.3 Å². The molecule has 2 atom stereocenters. The highest BCUT2D eigenvalue weighted by Gasteiger charge is 2.38. The lowest BCUT2D eigenvalue weighted by molar-refractivity contribution is -0.141. The van der Waals surface area contributed by atoms with Crippen LogP contribution in [0.3, 0.4) is 0 Å². The van der Waals surface area contributed by atoms with Crippen LogP contribution in [0, 0.1) is 11.8 Å². The molecule has 116 valence electrons. The molecule has 0 bridgehead atoms. The second-order valence-corrected chi connectivity index (χ2v) is 7.89. The van der Waals surface area contributed by atoms with Gasteiger partial charge in [0.05, 0.1) is 0 Å². The van der Waals surface area contributed by atoms with Crippen LogP contribution in [-0.2, 0) is 4.79 Å². The Kier molecular flexibility index (Phi) is 5.79. The number of aliphatic hydroxyl groups is 1. The zero-order chi connectivity index (χ0) is 14.6. The molecule has 1 saturated carbocycles. The van der Waals surface area contributed by atoms with Gasteiger partial charge in [-0.25, -0.2) is 0 Å². The van der Waals surface area contributed by atoms with Gasteiger partial charge >= 0.3 is 0 Å². The van der Waals surface area contributed by atoms with Crippen LogP contribution in [0.2, 0.25) is 0 Å². The number of hydrogen-bond donors (Lipinski definition) is 2. The van der Waals surface area contributed by atoms with E-state index in [9.17, 15) is 9.90 Å². The average Bonchev–Trinajstić information content (AvgIpc) is 2.48. The third-order valence-corrected chi connectivity index (χ3v) is 6.27. The molecule has 2 N–H and O–H groups in total. The largest absolute Gasteiger partial charge is 0.380 e. The Balaban J connectivity index is 1.86. The van der Waals surface area contributed by atoms with Crippen LogP contribution >= 0.6 is 11.8 Å². The zero-order valence-electron chi connectivity index (χ0n) is 12.9. The smallest absolute Gasteiger partial charge is 0.252 e. The van der Waals surface area contributed by atoms with Gasteiger partial charge in [-0.05, 0) is 43.1 Å². The Morgan fingerprint density at radius 2 is 1.80 bits per heavy atom. The van der Waals surface area contributed by atoms with Crippen molar-refractivity contribution in [1.82, 2.24) is 5.32 Å². The van der Waals surface area contributed by atoms with Crippen LogP contribution in [0.25, 0.3) is 0 Å². The summed E-state index contributed by atoms with van der Waals surface area (Å²) in [6.07, 6.45) is 7.79. The maximum Gasteiger partial charge on any atom is 0.252 e. The summed E-state index contributed by atoms with van der Waals surface area (Å²) in [6, 6.07) is 0.157. The van der Waals surface area contributed by atoms with Crippen molar-refractivity contribution in [3.05, 3.63) is 0 Å². The van der Waals surface area contributed by atoms with Crippen molar-refractivity contribution in [3.63, 3.8) is 0 Å². The SMILES string of the molecule is CC(NC(=O)C1(O)CCSCC1)C(C)C1CCCCC1. The van der Waals surface area contributed by atoms with E-state index in [1.807, 2.05) is 11.8 Å². The van der Waals surface area contributed by atoms with Crippen molar-refractivity contribution in [3.8, 4) is 0 Å². The average molecular weight is 299 g/mol. The number of carbonyl (C=O) groups is 1. The fourth-order valence-electron chi connectivity index (χ4n) is 3.48. The number of hydrogen-bond acceptors (Lipinski definition) is 3. The van der Waals surface area contributed by atoms with Gasteiger partial charge in [-0.15, -0.1) is 0 Å². The first-order valence-electron chi connectivity index (χ1n) is 8.14. The van der Waals surface area contributed by atoms with Gasteiger partial charge in [0.25, 0.3) is 5.91 Å². The quantitative estimate of drug-likeness (QED) is 0.839.